The lowest BCUT2D eigenvalue weighted by Gasteiger charge is -2.34. The second-order valence-electron chi connectivity index (χ2n) is 9.23. The normalized spacial score (nSPS) is 16.4. The Morgan fingerprint density at radius 1 is 1.14 bits per heavy atom. The van der Waals surface area contributed by atoms with E-state index >= 15 is 0 Å². The minimum atomic E-state index is -5.08. The third kappa shape index (κ3) is 11.7. The number of piperidine rings is 1. The highest BCUT2D eigenvalue weighted by Crippen LogP contribution is 2.21. The first-order valence-electron chi connectivity index (χ1n) is 11.9. The van der Waals surface area contributed by atoms with Gasteiger partial charge in [-0.1, -0.05) is 41.9 Å². The molecule has 1 atom stereocenters. The second kappa shape index (κ2) is 14.5. The minimum Gasteiger partial charge on any atom is -0.490 e. The maximum atomic E-state index is 10.7. The number of carboxylic acids is 1. The maximum absolute atomic E-state index is 10.7. The van der Waals surface area contributed by atoms with E-state index in [1.807, 2.05) is 36.4 Å². The smallest absolute Gasteiger partial charge is 0.490 e. The Bertz CT molecular complexity index is 965. The first-order chi connectivity index (χ1) is 17.4. The lowest BCUT2D eigenvalue weighted by atomic mass is 10.0. The molecule has 1 fully saturated rings. The number of alkyl halides is 3. The zero-order chi connectivity index (χ0) is 27.5. The predicted octanol–water partition coefficient (Wildman–Crippen LogP) is 3.89. The summed E-state index contributed by atoms with van der Waals surface area (Å²) in [5.74, 6) is -2.03. The van der Waals surface area contributed by atoms with Crippen molar-refractivity contribution in [3.63, 3.8) is 0 Å². The monoisotopic (exact) mass is 546 g/mol. The molecule has 4 N–H and O–H groups in total. The summed E-state index contributed by atoms with van der Waals surface area (Å²) in [5, 5.41) is 31.3. The molecule has 11 heteroatoms. The maximum Gasteiger partial charge on any atom is 0.490 e. The van der Waals surface area contributed by atoms with Gasteiger partial charge in [0.1, 0.15) is 18.0 Å². The van der Waals surface area contributed by atoms with Gasteiger partial charge in [0.15, 0.2) is 0 Å². The van der Waals surface area contributed by atoms with Crippen LogP contribution in [0.25, 0.3) is 0 Å². The molecule has 0 radical (unpaired) electrons. The molecule has 1 saturated heterocycles. The average molecular weight is 547 g/mol. The fourth-order valence-electron chi connectivity index (χ4n) is 3.76. The molecule has 0 bridgehead atoms. The van der Waals surface area contributed by atoms with Crippen molar-refractivity contribution in [3.05, 3.63) is 64.7 Å². The standard InChI is InChI=1S/C24H33ClN2O3.C2HF3O2/c1-24(29,18-30-23-5-3-2-4-20(23)12-15-28)17-26-22-10-13-27(14-11-22)16-19-6-8-21(25)9-7-19;3-2(4,5)1(6)7/h2-9,22,26,28-29H,10-18H2,1H3;(H,6,7)/t24-;/m0./s1. The van der Waals surface area contributed by atoms with Gasteiger partial charge in [0.25, 0.3) is 0 Å². The Morgan fingerprint density at radius 2 is 1.73 bits per heavy atom. The molecule has 3 rings (SSSR count). The van der Waals surface area contributed by atoms with Gasteiger partial charge in [-0.15, -0.1) is 0 Å². The molecule has 1 heterocycles. The van der Waals surface area contributed by atoms with Crippen LogP contribution >= 0.6 is 11.6 Å². The number of benzene rings is 2. The molecule has 37 heavy (non-hydrogen) atoms. The SMILES string of the molecule is C[C@](O)(CNC1CCN(Cc2ccc(Cl)cc2)CC1)COc1ccccc1CCO.O=C(O)C(F)(F)F. The number of aliphatic hydroxyl groups excluding tert-OH is 1. The quantitative estimate of drug-likeness (QED) is 0.358. The van der Waals surface area contributed by atoms with Gasteiger partial charge < -0.3 is 25.4 Å². The highest BCUT2D eigenvalue weighted by atomic mass is 35.5. The predicted molar refractivity (Wildman–Crippen MR) is 135 cm³/mol. The Balaban J connectivity index is 0.000000604. The first-order valence-corrected chi connectivity index (χ1v) is 12.3. The average Bonchev–Trinajstić information content (AvgIpc) is 2.85. The molecule has 0 aliphatic carbocycles. The summed E-state index contributed by atoms with van der Waals surface area (Å²) in [6.45, 7) is 5.58. The van der Waals surface area contributed by atoms with Crippen LogP contribution in [0, 0.1) is 0 Å². The molecule has 0 aromatic heterocycles. The van der Waals surface area contributed by atoms with E-state index in [-0.39, 0.29) is 13.2 Å². The van der Waals surface area contributed by atoms with Crippen LogP contribution in [0.2, 0.25) is 5.02 Å². The summed E-state index contributed by atoms with van der Waals surface area (Å²) >= 11 is 5.96. The Labute approximate surface area is 219 Å². The van der Waals surface area contributed by atoms with Gasteiger partial charge in [-0.2, -0.15) is 13.2 Å². The van der Waals surface area contributed by atoms with Crippen LogP contribution in [-0.4, -0.2) is 76.9 Å². The lowest BCUT2D eigenvalue weighted by molar-refractivity contribution is -0.192. The van der Waals surface area contributed by atoms with Crippen molar-refractivity contribution in [1.82, 2.24) is 10.2 Å². The molecule has 1 aliphatic rings. The van der Waals surface area contributed by atoms with Crippen LogP contribution in [0.3, 0.4) is 0 Å². The highest BCUT2D eigenvalue weighted by molar-refractivity contribution is 6.30. The number of aliphatic carboxylic acids is 1. The fourth-order valence-corrected chi connectivity index (χ4v) is 3.89. The number of carboxylic acid groups (broad SMARTS) is 1. The summed E-state index contributed by atoms with van der Waals surface area (Å²) in [6.07, 6.45) is -2.42. The van der Waals surface area contributed by atoms with Crippen LogP contribution in [0.5, 0.6) is 5.75 Å². The van der Waals surface area contributed by atoms with Gasteiger partial charge in [-0.3, -0.25) is 4.90 Å². The minimum absolute atomic E-state index is 0.0784. The van der Waals surface area contributed by atoms with Crippen LogP contribution < -0.4 is 10.1 Å². The van der Waals surface area contributed by atoms with Crippen LogP contribution in [0.1, 0.15) is 30.9 Å². The Hall–Kier alpha value is -2.37. The number of halogens is 4. The number of nitrogens with zero attached hydrogens (tertiary/aromatic N) is 1. The molecule has 1 aliphatic heterocycles. The number of ether oxygens (including phenoxy) is 1. The second-order valence-corrected chi connectivity index (χ2v) is 9.66. The number of aliphatic hydroxyl groups is 2. The highest BCUT2D eigenvalue weighted by Gasteiger charge is 2.38. The molecular weight excluding hydrogens is 513 g/mol. The van der Waals surface area contributed by atoms with Crippen molar-refractivity contribution in [2.24, 2.45) is 0 Å². The fraction of sp³-hybridized carbons (Fsp3) is 0.500. The number of para-hydroxylation sites is 1. The van der Waals surface area contributed by atoms with Crippen molar-refractivity contribution < 1.29 is 38.0 Å². The summed E-state index contributed by atoms with van der Waals surface area (Å²) in [5.41, 5.74) is 1.27. The number of rotatable bonds is 10. The van der Waals surface area contributed by atoms with Crippen LogP contribution in [0.4, 0.5) is 13.2 Å². The topological polar surface area (TPSA) is 102 Å². The molecule has 0 saturated carbocycles. The van der Waals surface area contributed by atoms with Crippen molar-refractivity contribution in [3.8, 4) is 5.75 Å². The third-order valence-electron chi connectivity index (χ3n) is 5.81. The number of likely N-dealkylation sites (tertiary alicyclic amines) is 1. The largest absolute Gasteiger partial charge is 0.490 e. The van der Waals surface area contributed by atoms with Gasteiger partial charge >= 0.3 is 12.1 Å². The van der Waals surface area contributed by atoms with Crippen molar-refractivity contribution in [1.29, 1.82) is 0 Å². The first kappa shape index (κ1) is 30.9. The lowest BCUT2D eigenvalue weighted by Crippen LogP contribution is -2.49. The summed E-state index contributed by atoms with van der Waals surface area (Å²) in [7, 11) is 0. The number of carbonyl (C=O) groups is 1. The zero-order valence-corrected chi connectivity index (χ0v) is 21.4. The summed E-state index contributed by atoms with van der Waals surface area (Å²) in [4.78, 5) is 11.4. The van der Waals surface area contributed by atoms with E-state index < -0.39 is 17.7 Å². The van der Waals surface area contributed by atoms with E-state index in [1.165, 1.54) is 5.56 Å². The molecular formula is C26H34ClF3N2O5. The van der Waals surface area contributed by atoms with Crippen molar-refractivity contribution >= 4 is 17.6 Å². The molecule has 2 aromatic carbocycles. The van der Waals surface area contributed by atoms with Crippen LogP contribution in [-0.2, 0) is 17.8 Å². The van der Waals surface area contributed by atoms with E-state index in [4.69, 9.17) is 26.2 Å². The van der Waals surface area contributed by atoms with E-state index in [0.717, 1.165) is 48.8 Å². The van der Waals surface area contributed by atoms with Gasteiger partial charge in [-0.25, -0.2) is 4.79 Å². The van der Waals surface area contributed by atoms with E-state index in [2.05, 4.69) is 22.3 Å². The number of nitrogens with one attached hydrogen (secondary N) is 1. The van der Waals surface area contributed by atoms with Gasteiger partial charge in [0.05, 0.1) is 0 Å². The van der Waals surface area contributed by atoms with Gasteiger partial charge in [0.2, 0.25) is 0 Å². The third-order valence-corrected chi connectivity index (χ3v) is 6.07. The summed E-state index contributed by atoms with van der Waals surface area (Å²) in [6, 6.07) is 16.1. The van der Waals surface area contributed by atoms with Gasteiger partial charge in [-0.05, 0) is 68.6 Å². The van der Waals surface area contributed by atoms with E-state index in [9.17, 15) is 23.4 Å². The van der Waals surface area contributed by atoms with Crippen molar-refractivity contribution in [2.75, 3.05) is 32.8 Å². The molecule has 206 valence electrons. The molecule has 2 aromatic rings. The van der Waals surface area contributed by atoms with E-state index in [0.29, 0.717) is 19.0 Å². The van der Waals surface area contributed by atoms with Gasteiger partial charge in [0, 0.05) is 30.8 Å². The van der Waals surface area contributed by atoms with Crippen LogP contribution in [0.15, 0.2) is 48.5 Å². The molecule has 0 spiro atoms. The summed E-state index contributed by atoms with van der Waals surface area (Å²) < 4.78 is 37.6. The Morgan fingerprint density at radius 3 is 2.30 bits per heavy atom. The molecule has 0 unspecified atom stereocenters. The number of hydrogen-bond acceptors (Lipinski definition) is 6. The zero-order valence-electron chi connectivity index (χ0n) is 20.7. The Kier molecular flexibility index (Phi) is 12.1. The number of hydrogen-bond donors (Lipinski definition) is 4. The van der Waals surface area contributed by atoms with E-state index in [1.54, 1.807) is 6.92 Å². The molecule has 7 nitrogen and oxygen atoms in total. The molecule has 0 amide bonds. The van der Waals surface area contributed by atoms with Crippen molar-refractivity contribution in [2.45, 2.75) is 50.6 Å².